The molecule has 0 bridgehead atoms. The van der Waals surface area contributed by atoms with Gasteiger partial charge in [-0.15, -0.1) is 0 Å². The second-order valence-corrected chi connectivity index (χ2v) is 7.13. The number of ether oxygens (including phenoxy) is 1. The van der Waals surface area contributed by atoms with Crippen molar-refractivity contribution in [2.24, 2.45) is 0 Å². The summed E-state index contributed by atoms with van der Waals surface area (Å²) < 4.78 is 18.6. The zero-order valence-electron chi connectivity index (χ0n) is 17.3. The number of halogens is 1. The van der Waals surface area contributed by atoms with E-state index in [1.165, 1.54) is 12.1 Å². The van der Waals surface area contributed by atoms with E-state index < -0.39 is 0 Å². The summed E-state index contributed by atoms with van der Waals surface area (Å²) in [7, 11) is 3.80. The summed E-state index contributed by atoms with van der Waals surface area (Å²) in [4.78, 5) is 26.5. The third kappa shape index (κ3) is 7.31. The lowest BCUT2D eigenvalue weighted by Crippen LogP contribution is -2.34. The molecule has 0 fully saturated rings. The third-order valence-electron chi connectivity index (χ3n) is 4.60. The smallest absolute Gasteiger partial charge is 0.220 e. The Balaban J connectivity index is 1.82. The quantitative estimate of drug-likeness (QED) is 0.580. The average Bonchev–Trinajstić information content (AvgIpc) is 2.72. The summed E-state index contributed by atoms with van der Waals surface area (Å²) in [5.41, 5.74) is 1.48. The molecular formula is C23H29FN2O3. The Labute approximate surface area is 171 Å². The maximum Gasteiger partial charge on any atom is 0.220 e. The van der Waals surface area contributed by atoms with E-state index in [1.807, 2.05) is 25.9 Å². The van der Waals surface area contributed by atoms with Gasteiger partial charge < -0.3 is 15.0 Å². The fraction of sp³-hybridized carbons (Fsp3) is 0.391. The van der Waals surface area contributed by atoms with Gasteiger partial charge in [0.2, 0.25) is 5.91 Å². The van der Waals surface area contributed by atoms with Crippen LogP contribution < -0.4 is 10.1 Å². The molecule has 0 saturated heterocycles. The number of ketones is 1. The summed E-state index contributed by atoms with van der Waals surface area (Å²) in [6.07, 6.45) is 1.19. The van der Waals surface area contributed by atoms with Crippen LogP contribution in [0.1, 0.15) is 48.1 Å². The minimum Gasteiger partial charge on any atom is -0.494 e. The van der Waals surface area contributed by atoms with Crippen molar-refractivity contribution in [1.29, 1.82) is 0 Å². The number of rotatable bonds is 11. The first-order valence-electron chi connectivity index (χ1n) is 9.85. The van der Waals surface area contributed by atoms with Crippen LogP contribution in [0.4, 0.5) is 4.39 Å². The van der Waals surface area contributed by atoms with Gasteiger partial charge in [0.25, 0.3) is 0 Å². The summed E-state index contributed by atoms with van der Waals surface area (Å²) >= 11 is 0. The molecule has 0 heterocycles. The lowest BCUT2D eigenvalue weighted by atomic mass is 10.0. The average molecular weight is 400 g/mol. The molecule has 5 nitrogen and oxygen atoms in total. The Morgan fingerprint density at radius 2 is 1.69 bits per heavy atom. The van der Waals surface area contributed by atoms with E-state index in [0.717, 1.165) is 17.7 Å². The van der Waals surface area contributed by atoms with Crippen LogP contribution in [0, 0.1) is 5.82 Å². The highest BCUT2D eigenvalue weighted by molar-refractivity contribution is 5.98. The van der Waals surface area contributed by atoms with Crippen molar-refractivity contribution in [3.05, 3.63) is 65.5 Å². The zero-order chi connectivity index (χ0) is 21.2. The number of hydrogen-bond acceptors (Lipinski definition) is 4. The highest BCUT2D eigenvalue weighted by atomic mass is 19.1. The fourth-order valence-electron chi connectivity index (χ4n) is 2.91. The Morgan fingerprint density at radius 1 is 1.03 bits per heavy atom. The molecule has 2 aromatic carbocycles. The van der Waals surface area contributed by atoms with Crippen molar-refractivity contribution in [2.45, 2.75) is 32.2 Å². The van der Waals surface area contributed by atoms with Gasteiger partial charge in [-0.3, -0.25) is 9.59 Å². The van der Waals surface area contributed by atoms with Gasteiger partial charge in [0.1, 0.15) is 11.6 Å². The Kier molecular flexibility index (Phi) is 8.80. The molecule has 1 unspecified atom stereocenters. The van der Waals surface area contributed by atoms with Gasteiger partial charge in [0.15, 0.2) is 5.78 Å². The van der Waals surface area contributed by atoms with E-state index in [4.69, 9.17) is 4.74 Å². The first-order valence-corrected chi connectivity index (χ1v) is 9.85. The molecule has 1 amide bonds. The third-order valence-corrected chi connectivity index (χ3v) is 4.60. The second-order valence-electron chi connectivity index (χ2n) is 7.13. The van der Waals surface area contributed by atoms with E-state index in [1.54, 1.807) is 36.4 Å². The van der Waals surface area contributed by atoms with Crippen molar-refractivity contribution >= 4 is 11.7 Å². The van der Waals surface area contributed by atoms with Gasteiger partial charge in [-0.2, -0.15) is 0 Å². The van der Waals surface area contributed by atoms with Gasteiger partial charge in [-0.25, -0.2) is 4.39 Å². The highest BCUT2D eigenvalue weighted by Crippen LogP contribution is 2.18. The largest absolute Gasteiger partial charge is 0.494 e. The molecule has 29 heavy (non-hydrogen) atoms. The molecule has 0 aliphatic heterocycles. The molecule has 1 N–H and O–H groups in total. The topological polar surface area (TPSA) is 58.6 Å². The van der Waals surface area contributed by atoms with Gasteiger partial charge >= 0.3 is 0 Å². The second kappa shape index (κ2) is 11.3. The molecule has 0 aliphatic carbocycles. The van der Waals surface area contributed by atoms with Crippen molar-refractivity contribution in [3.63, 3.8) is 0 Å². The van der Waals surface area contributed by atoms with E-state index in [-0.39, 0.29) is 36.4 Å². The maximum atomic E-state index is 13.1. The molecule has 1 atom stereocenters. The minimum absolute atomic E-state index is 0.0779. The first kappa shape index (κ1) is 22.6. The van der Waals surface area contributed by atoms with Crippen LogP contribution in [0.2, 0.25) is 0 Å². The van der Waals surface area contributed by atoms with E-state index in [9.17, 15) is 14.0 Å². The lowest BCUT2D eigenvalue weighted by molar-refractivity contribution is -0.121. The molecule has 2 aromatic rings. The highest BCUT2D eigenvalue weighted by Gasteiger charge is 2.16. The Hall–Kier alpha value is -2.73. The number of carbonyl (C=O) groups is 2. The first-order chi connectivity index (χ1) is 13.9. The van der Waals surface area contributed by atoms with Crippen LogP contribution in [0.3, 0.4) is 0 Å². The molecular weight excluding hydrogens is 371 g/mol. The summed E-state index contributed by atoms with van der Waals surface area (Å²) in [5, 5.41) is 2.87. The van der Waals surface area contributed by atoms with E-state index >= 15 is 0 Å². The van der Waals surface area contributed by atoms with Crippen molar-refractivity contribution in [2.75, 3.05) is 27.2 Å². The predicted molar refractivity (Wildman–Crippen MR) is 112 cm³/mol. The van der Waals surface area contributed by atoms with Crippen molar-refractivity contribution in [3.8, 4) is 5.75 Å². The predicted octanol–water partition coefficient (Wildman–Crippen LogP) is 4.00. The summed E-state index contributed by atoms with van der Waals surface area (Å²) in [6, 6.07) is 13.2. The zero-order valence-corrected chi connectivity index (χ0v) is 17.3. The molecule has 0 saturated carbocycles. The Bertz CT molecular complexity index is 789. The normalized spacial score (nSPS) is 11.9. The molecule has 0 radical (unpaired) electrons. The van der Waals surface area contributed by atoms with Gasteiger partial charge in [0.05, 0.1) is 12.6 Å². The fourth-order valence-corrected chi connectivity index (χ4v) is 2.91. The standard InChI is InChI=1S/C23H29FN2O3/c1-4-15-29-20-11-7-18(8-12-20)22(27)13-14-23(28)25-16-21(26(2)3)17-5-9-19(24)10-6-17/h5-12,21H,4,13-16H2,1-3H3,(H,25,28). The van der Waals surface area contributed by atoms with Crippen molar-refractivity contribution in [1.82, 2.24) is 10.2 Å². The van der Waals surface area contributed by atoms with Crippen LogP contribution in [-0.4, -0.2) is 43.8 Å². The minimum atomic E-state index is -0.293. The van der Waals surface area contributed by atoms with E-state index in [0.29, 0.717) is 18.7 Å². The number of benzene rings is 2. The van der Waals surface area contributed by atoms with Crippen LogP contribution in [-0.2, 0) is 4.79 Å². The molecule has 0 aromatic heterocycles. The van der Waals surface area contributed by atoms with E-state index in [2.05, 4.69) is 5.32 Å². The van der Waals surface area contributed by atoms with Crippen LogP contribution >= 0.6 is 0 Å². The number of amides is 1. The van der Waals surface area contributed by atoms with Crippen molar-refractivity contribution < 1.29 is 18.7 Å². The number of hydrogen-bond donors (Lipinski definition) is 1. The maximum absolute atomic E-state index is 13.1. The number of nitrogens with one attached hydrogen (secondary N) is 1. The van der Waals surface area contributed by atoms with Crippen LogP contribution in [0.5, 0.6) is 5.75 Å². The van der Waals surface area contributed by atoms with Gasteiger partial charge in [0, 0.05) is 24.9 Å². The van der Waals surface area contributed by atoms with Gasteiger partial charge in [-0.05, 0) is 62.5 Å². The number of carbonyl (C=O) groups excluding carboxylic acids is 2. The summed E-state index contributed by atoms with van der Waals surface area (Å²) in [5.74, 6) is 0.176. The summed E-state index contributed by atoms with van der Waals surface area (Å²) in [6.45, 7) is 3.05. The van der Waals surface area contributed by atoms with Crippen LogP contribution in [0.15, 0.2) is 48.5 Å². The molecule has 0 aliphatic rings. The number of nitrogens with zero attached hydrogens (tertiary/aromatic N) is 1. The molecule has 2 rings (SSSR count). The number of Topliss-reactive ketones (excluding diaryl/α,β-unsaturated/α-hetero) is 1. The van der Waals surface area contributed by atoms with Gasteiger partial charge in [-0.1, -0.05) is 19.1 Å². The Morgan fingerprint density at radius 3 is 2.28 bits per heavy atom. The monoisotopic (exact) mass is 400 g/mol. The number of likely N-dealkylation sites (N-methyl/N-ethyl adjacent to an activating group) is 1. The SMILES string of the molecule is CCCOc1ccc(C(=O)CCC(=O)NCC(c2ccc(F)cc2)N(C)C)cc1. The molecule has 156 valence electrons. The lowest BCUT2D eigenvalue weighted by Gasteiger charge is -2.25. The molecule has 0 spiro atoms. The molecule has 6 heteroatoms. The van der Waals surface area contributed by atoms with Crippen LogP contribution in [0.25, 0.3) is 0 Å².